The van der Waals surface area contributed by atoms with Gasteiger partial charge < -0.3 is 19.5 Å². The fraction of sp³-hybridized carbons (Fsp3) is 0.241. The normalized spacial score (nSPS) is 11.3. The van der Waals surface area contributed by atoms with E-state index < -0.39 is 35.8 Å². The van der Waals surface area contributed by atoms with Gasteiger partial charge in [0.2, 0.25) is 0 Å². The highest BCUT2D eigenvalue weighted by molar-refractivity contribution is 5.93. The molecule has 0 spiro atoms. The summed E-state index contributed by atoms with van der Waals surface area (Å²) >= 11 is 0. The van der Waals surface area contributed by atoms with Crippen LogP contribution >= 0.6 is 0 Å². The third-order valence-corrected chi connectivity index (χ3v) is 6.12. The van der Waals surface area contributed by atoms with Crippen LogP contribution in [0.15, 0.2) is 77.6 Å². The van der Waals surface area contributed by atoms with Gasteiger partial charge in [-0.1, -0.05) is 30.3 Å². The van der Waals surface area contributed by atoms with E-state index in [1.165, 1.54) is 10.6 Å². The number of ether oxygens (including phenoxy) is 1. The number of halogens is 3. The van der Waals surface area contributed by atoms with Crippen LogP contribution in [-0.4, -0.2) is 42.1 Å². The van der Waals surface area contributed by atoms with E-state index in [9.17, 15) is 27.6 Å². The van der Waals surface area contributed by atoms with Gasteiger partial charge in [0.25, 0.3) is 11.5 Å². The first kappa shape index (κ1) is 28.3. The molecule has 1 aromatic heterocycles. The summed E-state index contributed by atoms with van der Waals surface area (Å²) in [6, 6.07) is 19.1. The van der Waals surface area contributed by atoms with Crippen molar-refractivity contribution in [2.24, 2.45) is 0 Å². The van der Waals surface area contributed by atoms with Crippen molar-refractivity contribution < 1.29 is 27.5 Å². The number of rotatable bonds is 9. The molecular weight excluding hydrogens is 525 g/mol. The molecule has 40 heavy (non-hydrogen) atoms. The van der Waals surface area contributed by atoms with Gasteiger partial charge >= 0.3 is 12.1 Å². The average Bonchev–Trinajstić information content (AvgIpc) is 2.92. The number of esters is 1. The zero-order valence-electron chi connectivity index (χ0n) is 21.9. The molecule has 208 valence electrons. The Morgan fingerprint density at radius 3 is 2.35 bits per heavy atom. The van der Waals surface area contributed by atoms with Crippen LogP contribution in [0, 0.1) is 0 Å². The van der Waals surface area contributed by atoms with E-state index in [1.54, 1.807) is 36.4 Å². The van der Waals surface area contributed by atoms with Gasteiger partial charge in [-0.05, 0) is 48.0 Å². The van der Waals surface area contributed by atoms with Crippen molar-refractivity contribution in [1.82, 2.24) is 9.55 Å². The quantitative estimate of drug-likeness (QED) is 0.304. The Labute approximate surface area is 228 Å². The Morgan fingerprint density at radius 1 is 1.00 bits per heavy atom. The SMILES string of the molecule is CN(C)c1ccc(NC(=O)COC(=O)CCc2nc3cc(C(F)(F)F)ccc3n(Cc3ccccc3)c2=O)cc1. The zero-order valence-corrected chi connectivity index (χ0v) is 21.9. The molecule has 8 nitrogen and oxygen atoms in total. The lowest BCUT2D eigenvalue weighted by molar-refractivity contribution is -0.147. The van der Waals surface area contributed by atoms with Crippen LogP contribution in [0.4, 0.5) is 24.5 Å². The number of benzene rings is 3. The summed E-state index contributed by atoms with van der Waals surface area (Å²) < 4.78 is 46.4. The van der Waals surface area contributed by atoms with E-state index in [1.807, 2.05) is 37.2 Å². The van der Waals surface area contributed by atoms with Gasteiger partial charge in [0.05, 0.1) is 29.6 Å². The van der Waals surface area contributed by atoms with Gasteiger partial charge in [-0.3, -0.25) is 14.4 Å². The minimum Gasteiger partial charge on any atom is -0.456 e. The van der Waals surface area contributed by atoms with E-state index in [2.05, 4.69) is 10.3 Å². The van der Waals surface area contributed by atoms with Gasteiger partial charge in [-0.2, -0.15) is 13.2 Å². The van der Waals surface area contributed by atoms with Gasteiger partial charge in [-0.15, -0.1) is 0 Å². The molecule has 4 aromatic rings. The fourth-order valence-electron chi connectivity index (χ4n) is 4.04. The monoisotopic (exact) mass is 552 g/mol. The molecule has 0 bridgehead atoms. The van der Waals surface area contributed by atoms with Crippen molar-refractivity contribution in [2.45, 2.75) is 25.6 Å². The number of hydrogen-bond donors (Lipinski definition) is 1. The van der Waals surface area contributed by atoms with Crippen molar-refractivity contribution in [2.75, 3.05) is 30.9 Å². The lowest BCUT2D eigenvalue weighted by Crippen LogP contribution is -2.27. The summed E-state index contributed by atoms with van der Waals surface area (Å²) in [5.74, 6) is -1.29. The Kier molecular flexibility index (Phi) is 8.52. The second-order valence-corrected chi connectivity index (χ2v) is 9.29. The summed E-state index contributed by atoms with van der Waals surface area (Å²) in [7, 11) is 3.78. The second kappa shape index (κ2) is 12.0. The molecule has 3 aromatic carbocycles. The van der Waals surface area contributed by atoms with Gasteiger partial charge in [0.1, 0.15) is 5.69 Å². The zero-order chi connectivity index (χ0) is 28.9. The number of hydrogen-bond acceptors (Lipinski definition) is 6. The highest BCUT2D eigenvalue weighted by Gasteiger charge is 2.31. The number of aromatic nitrogens is 2. The largest absolute Gasteiger partial charge is 0.456 e. The highest BCUT2D eigenvalue weighted by atomic mass is 19.4. The first-order valence-corrected chi connectivity index (χ1v) is 12.4. The fourth-order valence-corrected chi connectivity index (χ4v) is 4.04. The summed E-state index contributed by atoms with van der Waals surface area (Å²) in [5, 5.41) is 2.62. The number of nitrogens with zero attached hydrogens (tertiary/aromatic N) is 3. The molecule has 0 unspecified atom stereocenters. The van der Waals surface area contributed by atoms with E-state index in [-0.39, 0.29) is 36.1 Å². The van der Waals surface area contributed by atoms with Gasteiger partial charge in [0.15, 0.2) is 6.61 Å². The summed E-state index contributed by atoms with van der Waals surface area (Å²) in [5.41, 5.74) is 0.966. The molecule has 1 N–H and O–H groups in total. The van der Waals surface area contributed by atoms with Crippen molar-refractivity contribution in [3.05, 3.63) is 100.0 Å². The van der Waals surface area contributed by atoms with E-state index in [0.29, 0.717) is 5.69 Å². The molecule has 0 aliphatic rings. The molecule has 0 fully saturated rings. The number of aryl methyl sites for hydroxylation is 1. The average molecular weight is 553 g/mol. The minimum absolute atomic E-state index is 0.0200. The standard InChI is InChI=1S/C29H27F3N4O4/c1-35(2)22-11-9-21(10-12-22)33-26(37)18-40-27(38)15-13-23-28(39)36(17-19-6-4-3-5-7-19)25-14-8-20(29(30,31)32)16-24(25)34-23/h3-12,14,16H,13,15,17-18H2,1-2H3,(H,33,37). The van der Waals surface area contributed by atoms with Gasteiger partial charge in [-0.25, -0.2) is 4.98 Å². The van der Waals surface area contributed by atoms with Crippen LogP contribution in [0.25, 0.3) is 11.0 Å². The molecule has 0 atom stereocenters. The summed E-state index contributed by atoms with van der Waals surface area (Å²) in [6.07, 6.45) is -5.05. The van der Waals surface area contributed by atoms with Crippen molar-refractivity contribution in [3.8, 4) is 0 Å². The van der Waals surface area contributed by atoms with Crippen LogP contribution in [0.2, 0.25) is 0 Å². The molecule has 0 aliphatic carbocycles. The van der Waals surface area contributed by atoms with Crippen LogP contribution < -0.4 is 15.8 Å². The molecule has 0 saturated heterocycles. The maximum Gasteiger partial charge on any atom is 0.416 e. The maximum absolute atomic E-state index is 13.3. The van der Waals surface area contributed by atoms with E-state index in [4.69, 9.17) is 4.74 Å². The first-order chi connectivity index (χ1) is 19.0. The minimum atomic E-state index is -4.59. The number of carbonyl (C=O) groups is 2. The van der Waals surface area contributed by atoms with E-state index >= 15 is 0 Å². The Morgan fingerprint density at radius 2 is 1.70 bits per heavy atom. The number of fused-ring (bicyclic) bond motifs is 1. The van der Waals surface area contributed by atoms with Crippen LogP contribution in [0.3, 0.4) is 0 Å². The third kappa shape index (κ3) is 7.04. The predicted octanol–water partition coefficient (Wildman–Crippen LogP) is 4.64. The molecule has 0 radical (unpaired) electrons. The van der Waals surface area contributed by atoms with Crippen molar-refractivity contribution in [1.29, 1.82) is 0 Å². The number of alkyl halides is 3. The molecule has 11 heteroatoms. The lowest BCUT2D eigenvalue weighted by atomic mass is 10.1. The number of nitrogens with one attached hydrogen (secondary N) is 1. The number of carbonyl (C=O) groups excluding carboxylic acids is 2. The van der Waals surface area contributed by atoms with Crippen LogP contribution in [0.5, 0.6) is 0 Å². The number of amides is 1. The second-order valence-electron chi connectivity index (χ2n) is 9.29. The van der Waals surface area contributed by atoms with Crippen molar-refractivity contribution in [3.63, 3.8) is 0 Å². The summed E-state index contributed by atoms with van der Waals surface area (Å²) in [4.78, 5) is 43.9. The molecule has 0 saturated carbocycles. The van der Waals surface area contributed by atoms with E-state index in [0.717, 1.165) is 23.4 Å². The third-order valence-electron chi connectivity index (χ3n) is 6.12. The predicted molar refractivity (Wildman–Crippen MR) is 145 cm³/mol. The smallest absolute Gasteiger partial charge is 0.416 e. The molecule has 0 aliphatic heterocycles. The Balaban J connectivity index is 1.47. The first-order valence-electron chi connectivity index (χ1n) is 12.4. The summed E-state index contributed by atoms with van der Waals surface area (Å²) in [6.45, 7) is -0.427. The molecule has 1 heterocycles. The van der Waals surface area contributed by atoms with Crippen LogP contribution in [0.1, 0.15) is 23.2 Å². The molecule has 1 amide bonds. The Hall–Kier alpha value is -4.67. The maximum atomic E-state index is 13.3. The highest BCUT2D eigenvalue weighted by Crippen LogP contribution is 2.31. The van der Waals surface area contributed by atoms with Crippen molar-refractivity contribution >= 4 is 34.3 Å². The number of anilines is 2. The molecule has 4 rings (SSSR count). The van der Waals surface area contributed by atoms with Crippen LogP contribution in [-0.2, 0) is 33.5 Å². The topological polar surface area (TPSA) is 93.5 Å². The Bertz CT molecular complexity index is 1570. The van der Waals surface area contributed by atoms with Gasteiger partial charge in [0, 0.05) is 31.9 Å². The lowest BCUT2D eigenvalue weighted by Gasteiger charge is -2.14. The molecular formula is C29H27F3N4O4.